The standard InChI is InChI=1S/C25H23ClN6O5/c1-16(22(33)36-2)14-32-24(34)29-23(31(25(32)35)15-17-5-7-18(26)8-6-17)28-19-9-11-20(12-10-19)37-21-4-3-13-27-30-21/h3-13,16H,14-15H2,1-2H3,(H,28,29,34)/t16-/m0/s1. The Balaban J connectivity index is 1.66. The van der Waals surface area contributed by atoms with Crippen LogP contribution in [0, 0.1) is 5.92 Å². The number of hydrogen-bond donors (Lipinski definition) is 1. The zero-order chi connectivity index (χ0) is 26.4. The molecule has 11 nitrogen and oxygen atoms in total. The third-order valence-electron chi connectivity index (χ3n) is 5.34. The van der Waals surface area contributed by atoms with Gasteiger partial charge in [0, 0.05) is 29.5 Å². The lowest BCUT2D eigenvalue weighted by atomic mass is 10.2. The zero-order valence-electron chi connectivity index (χ0n) is 20.0. The van der Waals surface area contributed by atoms with Gasteiger partial charge in [-0.2, -0.15) is 10.1 Å². The first-order valence-corrected chi connectivity index (χ1v) is 11.6. The minimum Gasteiger partial charge on any atom is -0.469 e. The highest BCUT2D eigenvalue weighted by Gasteiger charge is 2.20. The molecule has 0 amide bonds. The van der Waals surface area contributed by atoms with Crippen molar-refractivity contribution in [2.24, 2.45) is 5.92 Å². The Morgan fingerprint density at radius 1 is 1.05 bits per heavy atom. The van der Waals surface area contributed by atoms with Gasteiger partial charge in [-0.1, -0.05) is 30.7 Å². The molecule has 0 aliphatic rings. The summed E-state index contributed by atoms with van der Waals surface area (Å²) >= 11 is 5.99. The van der Waals surface area contributed by atoms with E-state index in [9.17, 15) is 14.4 Å². The molecule has 0 aliphatic heterocycles. The van der Waals surface area contributed by atoms with Crippen LogP contribution in [-0.4, -0.2) is 37.4 Å². The van der Waals surface area contributed by atoms with E-state index in [1.165, 1.54) is 11.7 Å². The van der Waals surface area contributed by atoms with Gasteiger partial charge in [0.1, 0.15) is 5.75 Å². The summed E-state index contributed by atoms with van der Waals surface area (Å²) in [5, 5.41) is 11.2. The Morgan fingerprint density at radius 2 is 1.78 bits per heavy atom. The second-order valence-electron chi connectivity index (χ2n) is 8.06. The summed E-state index contributed by atoms with van der Waals surface area (Å²) in [5.74, 6) is -0.367. The summed E-state index contributed by atoms with van der Waals surface area (Å²) in [6.45, 7) is 1.50. The molecule has 0 spiro atoms. The van der Waals surface area contributed by atoms with Gasteiger partial charge in [0.15, 0.2) is 0 Å². The van der Waals surface area contributed by atoms with Gasteiger partial charge in [-0.15, -0.1) is 5.10 Å². The number of carbonyl (C=O) groups is 1. The van der Waals surface area contributed by atoms with Gasteiger partial charge < -0.3 is 14.8 Å². The van der Waals surface area contributed by atoms with Crippen LogP contribution >= 0.6 is 11.6 Å². The van der Waals surface area contributed by atoms with Crippen LogP contribution in [0.2, 0.25) is 5.02 Å². The molecular weight excluding hydrogens is 500 g/mol. The quantitative estimate of drug-likeness (QED) is 0.329. The third kappa shape index (κ3) is 6.39. The topological polar surface area (TPSA) is 130 Å². The van der Waals surface area contributed by atoms with Crippen LogP contribution < -0.4 is 21.4 Å². The molecule has 37 heavy (non-hydrogen) atoms. The molecule has 0 saturated carbocycles. The van der Waals surface area contributed by atoms with Crippen LogP contribution in [0.5, 0.6) is 11.6 Å². The molecule has 2 aromatic heterocycles. The number of nitrogens with zero attached hydrogens (tertiary/aromatic N) is 5. The van der Waals surface area contributed by atoms with Crippen molar-refractivity contribution in [3.8, 4) is 11.6 Å². The maximum absolute atomic E-state index is 13.4. The Labute approximate surface area is 216 Å². The summed E-state index contributed by atoms with van der Waals surface area (Å²) in [7, 11) is 1.25. The molecule has 4 rings (SSSR count). The van der Waals surface area contributed by atoms with Crippen LogP contribution in [0.4, 0.5) is 11.6 Å². The Bertz CT molecular complexity index is 1490. The van der Waals surface area contributed by atoms with E-state index in [1.807, 2.05) is 0 Å². The fourth-order valence-corrected chi connectivity index (χ4v) is 3.57. The zero-order valence-corrected chi connectivity index (χ0v) is 20.8. The number of benzene rings is 2. The van der Waals surface area contributed by atoms with Gasteiger partial charge in [-0.25, -0.2) is 14.2 Å². The minimum absolute atomic E-state index is 0.0366. The van der Waals surface area contributed by atoms with Crippen LogP contribution in [0.1, 0.15) is 12.5 Å². The predicted octanol–water partition coefficient (Wildman–Crippen LogP) is 3.24. The normalized spacial score (nSPS) is 11.5. The number of nitrogens with one attached hydrogen (secondary N) is 1. The van der Waals surface area contributed by atoms with Crippen LogP contribution in [0.25, 0.3) is 0 Å². The number of anilines is 2. The fourth-order valence-electron chi connectivity index (χ4n) is 3.44. The first-order chi connectivity index (χ1) is 17.8. The number of esters is 1. The SMILES string of the molecule is COC(=O)[C@@H](C)Cn1c(=O)nc(Nc2ccc(Oc3cccnn3)cc2)n(Cc2ccc(Cl)cc2)c1=O. The average Bonchev–Trinajstić information content (AvgIpc) is 2.91. The molecule has 2 aromatic carbocycles. The highest BCUT2D eigenvalue weighted by atomic mass is 35.5. The summed E-state index contributed by atoms with van der Waals surface area (Å²) < 4.78 is 12.6. The van der Waals surface area contributed by atoms with Crippen molar-refractivity contribution < 1.29 is 14.3 Å². The van der Waals surface area contributed by atoms with Gasteiger partial charge in [0.05, 0.1) is 19.6 Å². The largest absolute Gasteiger partial charge is 0.469 e. The second kappa shape index (κ2) is 11.5. The number of hydrogen-bond acceptors (Lipinski definition) is 9. The summed E-state index contributed by atoms with van der Waals surface area (Å²) in [5.41, 5.74) is -0.104. The number of rotatable bonds is 9. The Kier molecular flexibility index (Phi) is 7.94. The molecule has 0 bridgehead atoms. The maximum atomic E-state index is 13.4. The van der Waals surface area contributed by atoms with Crippen molar-refractivity contribution in [1.29, 1.82) is 0 Å². The van der Waals surface area contributed by atoms with E-state index in [-0.39, 0.29) is 19.0 Å². The van der Waals surface area contributed by atoms with E-state index >= 15 is 0 Å². The molecule has 0 unspecified atom stereocenters. The summed E-state index contributed by atoms with van der Waals surface area (Å²) in [6.07, 6.45) is 1.54. The van der Waals surface area contributed by atoms with Crippen molar-refractivity contribution in [3.05, 3.63) is 98.4 Å². The van der Waals surface area contributed by atoms with Gasteiger partial charge in [-0.05, 0) is 48.0 Å². The van der Waals surface area contributed by atoms with E-state index in [2.05, 4.69) is 20.5 Å². The highest BCUT2D eigenvalue weighted by Crippen LogP contribution is 2.22. The molecule has 1 atom stereocenters. The van der Waals surface area contributed by atoms with Crippen LogP contribution in [-0.2, 0) is 22.6 Å². The monoisotopic (exact) mass is 522 g/mol. The average molecular weight is 523 g/mol. The predicted molar refractivity (Wildman–Crippen MR) is 136 cm³/mol. The number of methoxy groups -OCH3 is 1. The van der Waals surface area contributed by atoms with Crippen molar-refractivity contribution in [2.45, 2.75) is 20.0 Å². The number of carbonyl (C=O) groups excluding carboxylic acids is 1. The lowest BCUT2D eigenvalue weighted by Crippen LogP contribution is -2.44. The van der Waals surface area contributed by atoms with Crippen molar-refractivity contribution in [2.75, 3.05) is 12.4 Å². The summed E-state index contributed by atoms with van der Waals surface area (Å²) in [4.78, 5) is 42.2. The van der Waals surface area contributed by atoms with Crippen LogP contribution in [0.15, 0.2) is 76.4 Å². The van der Waals surface area contributed by atoms with E-state index in [4.69, 9.17) is 21.1 Å². The molecule has 0 fully saturated rings. The molecule has 1 N–H and O–H groups in total. The lowest BCUT2D eigenvalue weighted by Gasteiger charge is -2.17. The van der Waals surface area contributed by atoms with E-state index in [0.29, 0.717) is 22.3 Å². The Hall–Kier alpha value is -4.51. The smallest absolute Gasteiger partial charge is 0.354 e. The first-order valence-electron chi connectivity index (χ1n) is 11.2. The van der Waals surface area contributed by atoms with E-state index in [1.54, 1.807) is 73.8 Å². The molecular formula is C25H23ClN6O5. The Morgan fingerprint density at radius 3 is 2.43 bits per heavy atom. The molecule has 0 saturated heterocycles. The molecule has 0 aliphatic carbocycles. The number of halogens is 1. The van der Waals surface area contributed by atoms with Crippen LogP contribution in [0.3, 0.4) is 0 Å². The van der Waals surface area contributed by atoms with Gasteiger partial charge in [0.2, 0.25) is 11.8 Å². The third-order valence-corrected chi connectivity index (χ3v) is 5.60. The minimum atomic E-state index is -0.793. The molecule has 2 heterocycles. The molecule has 0 radical (unpaired) electrons. The first kappa shape index (κ1) is 25.6. The van der Waals surface area contributed by atoms with Gasteiger partial charge >= 0.3 is 17.3 Å². The number of ether oxygens (including phenoxy) is 2. The van der Waals surface area contributed by atoms with E-state index < -0.39 is 23.3 Å². The number of aromatic nitrogens is 5. The molecule has 190 valence electrons. The second-order valence-corrected chi connectivity index (χ2v) is 8.50. The fraction of sp³-hybridized carbons (Fsp3) is 0.200. The van der Waals surface area contributed by atoms with Gasteiger partial charge in [0.25, 0.3) is 0 Å². The molecule has 4 aromatic rings. The maximum Gasteiger partial charge on any atom is 0.354 e. The lowest BCUT2D eigenvalue weighted by molar-refractivity contribution is -0.145. The van der Waals surface area contributed by atoms with Gasteiger partial charge in [-0.3, -0.25) is 9.36 Å². The van der Waals surface area contributed by atoms with E-state index in [0.717, 1.165) is 10.1 Å². The molecule has 12 heteroatoms. The highest BCUT2D eigenvalue weighted by molar-refractivity contribution is 6.30. The van der Waals surface area contributed by atoms with Crippen molar-refractivity contribution in [3.63, 3.8) is 0 Å². The summed E-state index contributed by atoms with van der Waals surface area (Å²) in [6, 6.07) is 17.1. The van der Waals surface area contributed by atoms with Crippen molar-refractivity contribution >= 4 is 29.2 Å². The van der Waals surface area contributed by atoms with Crippen molar-refractivity contribution in [1.82, 2.24) is 24.3 Å².